The number of hydrogen-bond acceptors (Lipinski definition) is 5. The fraction of sp³-hybridized carbons (Fsp3) is 0.594. The molecule has 2 rings (SSSR count). The molecule has 0 saturated heterocycles. The van der Waals surface area contributed by atoms with Crippen LogP contribution in [0.3, 0.4) is 0 Å². The monoisotopic (exact) mass is 563 g/mol. The van der Waals surface area contributed by atoms with Crippen LogP contribution in [-0.4, -0.2) is 44.6 Å². The van der Waals surface area contributed by atoms with Gasteiger partial charge in [-0.1, -0.05) is 39.8 Å². The highest BCUT2D eigenvalue weighted by Crippen LogP contribution is 2.32. The summed E-state index contributed by atoms with van der Waals surface area (Å²) in [6, 6.07) is 9.31. The second-order valence-electron chi connectivity index (χ2n) is 11.2. The Morgan fingerprint density at radius 1 is 0.950 bits per heavy atom. The standard InChI is InChI=1S/C32H47F2NO5/c1-21(2)24(16-23-8-13-30(39-6)31(17-23)40-15-7-14-38-5)10-12-27(36)19-28(22(3)4)32(37)35-20-25-9-11-26(33)18-29(25)34/h8-9,11,13,17-18,21-22,24,27-28,36H,7,10,12,14-16,19-20H2,1-6H3,(H,35,37)/t24?,27-,28?/m1/s1. The van der Waals surface area contributed by atoms with Crippen molar-refractivity contribution in [3.05, 3.63) is 59.2 Å². The van der Waals surface area contributed by atoms with Crippen LogP contribution in [0.5, 0.6) is 11.5 Å². The summed E-state index contributed by atoms with van der Waals surface area (Å²) >= 11 is 0. The number of amides is 1. The third kappa shape index (κ3) is 11.0. The summed E-state index contributed by atoms with van der Waals surface area (Å²) in [6.45, 7) is 9.38. The summed E-state index contributed by atoms with van der Waals surface area (Å²) in [4.78, 5) is 12.9. The number of carbonyl (C=O) groups excluding carboxylic acids is 1. The molecule has 8 heteroatoms. The lowest BCUT2D eigenvalue weighted by molar-refractivity contribution is -0.127. The number of aliphatic hydroxyl groups is 1. The van der Waals surface area contributed by atoms with E-state index in [1.165, 1.54) is 12.1 Å². The summed E-state index contributed by atoms with van der Waals surface area (Å²) in [5, 5.41) is 13.7. The van der Waals surface area contributed by atoms with Crippen LogP contribution in [0, 0.1) is 35.3 Å². The van der Waals surface area contributed by atoms with Gasteiger partial charge in [0.05, 0.1) is 19.8 Å². The van der Waals surface area contributed by atoms with Gasteiger partial charge in [0.2, 0.25) is 5.91 Å². The van der Waals surface area contributed by atoms with E-state index in [4.69, 9.17) is 14.2 Å². The van der Waals surface area contributed by atoms with Crippen molar-refractivity contribution in [1.29, 1.82) is 0 Å². The first-order valence-electron chi connectivity index (χ1n) is 14.2. The molecule has 0 bridgehead atoms. The normalized spacial score (nSPS) is 13.8. The van der Waals surface area contributed by atoms with Gasteiger partial charge in [-0.15, -0.1) is 0 Å². The predicted molar refractivity (Wildman–Crippen MR) is 153 cm³/mol. The summed E-state index contributed by atoms with van der Waals surface area (Å²) in [6.07, 6.45) is 2.68. The molecule has 2 aromatic carbocycles. The third-order valence-electron chi connectivity index (χ3n) is 7.43. The molecule has 0 aliphatic carbocycles. The minimum atomic E-state index is -0.692. The Morgan fingerprint density at radius 2 is 1.70 bits per heavy atom. The van der Waals surface area contributed by atoms with Gasteiger partial charge in [0.1, 0.15) is 11.6 Å². The number of nitrogens with one attached hydrogen (secondary N) is 1. The van der Waals surface area contributed by atoms with E-state index in [1.54, 1.807) is 14.2 Å². The maximum Gasteiger partial charge on any atom is 0.223 e. The highest BCUT2D eigenvalue weighted by Gasteiger charge is 2.26. The fourth-order valence-electron chi connectivity index (χ4n) is 4.80. The summed E-state index contributed by atoms with van der Waals surface area (Å²) in [7, 11) is 3.29. The minimum Gasteiger partial charge on any atom is -0.493 e. The number of halogens is 2. The van der Waals surface area contributed by atoms with E-state index in [1.807, 2.05) is 26.0 Å². The maximum absolute atomic E-state index is 14.0. The number of methoxy groups -OCH3 is 2. The molecule has 3 atom stereocenters. The van der Waals surface area contributed by atoms with Crippen LogP contribution < -0.4 is 14.8 Å². The first kappa shape index (κ1) is 33.5. The van der Waals surface area contributed by atoms with Crippen LogP contribution >= 0.6 is 0 Å². The highest BCUT2D eigenvalue weighted by molar-refractivity contribution is 5.78. The Morgan fingerprint density at radius 3 is 2.33 bits per heavy atom. The topological polar surface area (TPSA) is 77.0 Å². The number of ether oxygens (including phenoxy) is 3. The number of carbonyl (C=O) groups is 1. The summed E-state index contributed by atoms with van der Waals surface area (Å²) < 4.78 is 43.6. The first-order chi connectivity index (χ1) is 19.0. The van der Waals surface area contributed by atoms with Gasteiger partial charge in [-0.05, 0) is 67.2 Å². The van der Waals surface area contributed by atoms with Gasteiger partial charge >= 0.3 is 0 Å². The molecular weight excluding hydrogens is 516 g/mol. The minimum absolute atomic E-state index is 0.00443. The molecule has 0 fully saturated rings. The molecule has 2 N–H and O–H groups in total. The summed E-state index contributed by atoms with van der Waals surface area (Å²) in [5.74, 6) is 0.118. The van der Waals surface area contributed by atoms with E-state index in [0.29, 0.717) is 49.4 Å². The van der Waals surface area contributed by atoms with Crippen LogP contribution in [0.15, 0.2) is 36.4 Å². The Hall–Kier alpha value is -2.71. The van der Waals surface area contributed by atoms with Gasteiger partial charge < -0.3 is 24.6 Å². The van der Waals surface area contributed by atoms with E-state index in [-0.39, 0.29) is 23.9 Å². The van der Waals surface area contributed by atoms with E-state index in [0.717, 1.165) is 30.9 Å². The molecule has 0 spiro atoms. The van der Waals surface area contributed by atoms with Gasteiger partial charge in [0.15, 0.2) is 11.5 Å². The molecule has 2 unspecified atom stereocenters. The second kappa shape index (κ2) is 17.2. The fourth-order valence-corrected chi connectivity index (χ4v) is 4.80. The van der Waals surface area contributed by atoms with Crippen LogP contribution in [0.4, 0.5) is 8.78 Å². The molecule has 6 nitrogen and oxygen atoms in total. The number of hydrogen-bond donors (Lipinski definition) is 2. The van der Waals surface area contributed by atoms with Crippen molar-refractivity contribution in [1.82, 2.24) is 5.32 Å². The van der Waals surface area contributed by atoms with E-state index >= 15 is 0 Å². The SMILES string of the molecule is COCCCOc1cc(CC(CC[C@@H](O)CC(C(=O)NCc2ccc(F)cc2F)C(C)C)C(C)C)ccc1OC. The van der Waals surface area contributed by atoms with Crippen LogP contribution in [0.1, 0.15) is 64.5 Å². The van der Waals surface area contributed by atoms with Crippen LogP contribution in [0.25, 0.3) is 0 Å². The molecule has 0 aromatic heterocycles. The molecule has 0 saturated carbocycles. The van der Waals surface area contributed by atoms with Gasteiger partial charge in [-0.2, -0.15) is 0 Å². The third-order valence-corrected chi connectivity index (χ3v) is 7.43. The highest BCUT2D eigenvalue weighted by atomic mass is 19.1. The van der Waals surface area contributed by atoms with Crippen molar-refractivity contribution in [3.8, 4) is 11.5 Å². The predicted octanol–water partition coefficient (Wildman–Crippen LogP) is 6.32. The number of aliphatic hydroxyl groups excluding tert-OH is 1. The lowest BCUT2D eigenvalue weighted by Gasteiger charge is -2.26. The van der Waals surface area contributed by atoms with Crippen molar-refractivity contribution in [2.24, 2.45) is 23.7 Å². The first-order valence-corrected chi connectivity index (χ1v) is 14.2. The molecule has 224 valence electrons. The van der Waals surface area contributed by atoms with Crippen molar-refractivity contribution < 1.29 is 32.9 Å². The van der Waals surface area contributed by atoms with E-state index in [9.17, 15) is 18.7 Å². The van der Waals surface area contributed by atoms with Crippen molar-refractivity contribution in [2.75, 3.05) is 27.4 Å². The van der Waals surface area contributed by atoms with Gasteiger partial charge in [0.25, 0.3) is 0 Å². The average molecular weight is 564 g/mol. The second-order valence-corrected chi connectivity index (χ2v) is 11.2. The van der Waals surface area contributed by atoms with Gasteiger partial charge in [0, 0.05) is 44.2 Å². The van der Waals surface area contributed by atoms with Crippen LogP contribution in [-0.2, 0) is 22.5 Å². The van der Waals surface area contributed by atoms with Gasteiger partial charge in [-0.25, -0.2) is 8.78 Å². The Kier molecular flexibility index (Phi) is 14.4. The number of rotatable bonds is 18. The molecule has 0 radical (unpaired) electrons. The number of benzene rings is 2. The molecule has 40 heavy (non-hydrogen) atoms. The molecule has 2 aromatic rings. The molecule has 0 aliphatic heterocycles. The van der Waals surface area contributed by atoms with E-state index in [2.05, 4.69) is 25.2 Å². The zero-order valence-electron chi connectivity index (χ0n) is 24.8. The van der Waals surface area contributed by atoms with Crippen molar-refractivity contribution >= 4 is 5.91 Å². The molecular formula is C32H47F2NO5. The van der Waals surface area contributed by atoms with Crippen LogP contribution in [0.2, 0.25) is 0 Å². The maximum atomic E-state index is 14.0. The average Bonchev–Trinajstić information content (AvgIpc) is 2.91. The zero-order valence-corrected chi connectivity index (χ0v) is 24.8. The zero-order chi connectivity index (χ0) is 29.7. The quantitative estimate of drug-likeness (QED) is 0.208. The molecule has 1 amide bonds. The molecule has 0 aliphatic rings. The lowest BCUT2D eigenvalue weighted by atomic mass is 9.82. The Balaban J connectivity index is 1.95. The lowest BCUT2D eigenvalue weighted by Crippen LogP contribution is -2.35. The Bertz CT molecular complexity index is 1050. The van der Waals surface area contributed by atoms with Crippen molar-refractivity contribution in [2.45, 2.75) is 72.4 Å². The smallest absolute Gasteiger partial charge is 0.223 e. The van der Waals surface area contributed by atoms with Gasteiger partial charge in [-0.3, -0.25) is 4.79 Å². The van der Waals surface area contributed by atoms with E-state index < -0.39 is 23.7 Å². The van der Waals surface area contributed by atoms with Crippen molar-refractivity contribution in [3.63, 3.8) is 0 Å². The molecule has 0 heterocycles. The summed E-state index contributed by atoms with van der Waals surface area (Å²) in [5.41, 5.74) is 1.36. The largest absolute Gasteiger partial charge is 0.493 e. The Labute approximate surface area is 238 Å².